The molecular weight excluding hydrogens is 639 g/mol. The Hall–Kier alpha value is -5.13. The van der Waals surface area contributed by atoms with Gasteiger partial charge < -0.3 is 35.3 Å². The van der Waals surface area contributed by atoms with Gasteiger partial charge in [-0.3, -0.25) is 4.79 Å². The molecule has 0 saturated carbocycles. The molecule has 250 valence electrons. The Bertz CT molecular complexity index is 1820. The number of hydrogen-bond donors (Lipinski definition) is 4. The van der Waals surface area contributed by atoms with E-state index < -0.39 is 6.29 Å². The average molecular weight is 676 g/mol. The Morgan fingerprint density at radius 3 is 1.92 bits per heavy atom. The van der Waals surface area contributed by atoms with E-state index in [1.807, 2.05) is 103 Å². The molecule has 5 aromatic carbocycles. The molecule has 9 nitrogen and oxygen atoms in total. The van der Waals surface area contributed by atoms with Crippen LogP contribution in [-0.2, 0) is 20.9 Å². The van der Waals surface area contributed by atoms with E-state index in [4.69, 9.17) is 14.2 Å². The Morgan fingerprint density at radius 1 is 0.714 bits per heavy atom. The van der Waals surface area contributed by atoms with E-state index >= 15 is 0 Å². The molecule has 3 atom stereocenters. The number of ether oxygens (including phenoxy) is 3. The summed E-state index contributed by atoms with van der Waals surface area (Å²) >= 11 is 1.68. The second kappa shape index (κ2) is 16.3. The molecule has 1 saturated heterocycles. The van der Waals surface area contributed by atoms with Gasteiger partial charge in [-0.15, -0.1) is 11.8 Å². The first kappa shape index (κ1) is 33.8. The molecule has 0 aliphatic carbocycles. The maximum Gasteiger partial charge on any atom is 0.323 e. The molecule has 1 aliphatic rings. The van der Waals surface area contributed by atoms with Crippen LogP contribution in [0.1, 0.15) is 42.4 Å². The van der Waals surface area contributed by atoms with Gasteiger partial charge in [0.2, 0.25) is 5.91 Å². The molecule has 6 rings (SSSR count). The van der Waals surface area contributed by atoms with Gasteiger partial charge in [-0.05, 0) is 83.9 Å². The normalized spacial score (nSPS) is 17.1. The fourth-order valence-corrected chi connectivity index (χ4v) is 6.22. The van der Waals surface area contributed by atoms with Crippen molar-refractivity contribution < 1.29 is 28.9 Å². The second-order valence-electron chi connectivity index (χ2n) is 11.5. The number of nitrogens with one attached hydrogen (secondary N) is 3. The van der Waals surface area contributed by atoms with Crippen molar-refractivity contribution in [1.82, 2.24) is 0 Å². The van der Waals surface area contributed by atoms with Crippen LogP contribution in [0.25, 0.3) is 0 Å². The maximum absolute atomic E-state index is 12.7. The first-order valence-corrected chi connectivity index (χ1v) is 16.9. The monoisotopic (exact) mass is 675 g/mol. The van der Waals surface area contributed by atoms with Crippen LogP contribution in [-0.4, -0.2) is 28.9 Å². The van der Waals surface area contributed by atoms with E-state index in [0.29, 0.717) is 29.3 Å². The number of aliphatic hydroxyl groups excluding tert-OH is 1. The lowest BCUT2D eigenvalue weighted by atomic mass is 10.0. The van der Waals surface area contributed by atoms with Gasteiger partial charge in [0.25, 0.3) is 0 Å². The van der Waals surface area contributed by atoms with Crippen LogP contribution in [0.4, 0.5) is 21.9 Å². The highest BCUT2D eigenvalue weighted by Gasteiger charge is 2.32. The SMILES string of the molecule is CC(=O)Nc1ccc(SC[C@@H]2C[C@H](c3ccc(CO)cc3)O[C@H](c3ccc(NC(=O)Nc4ccc(Oc5ccccc5)cc4)cc3)O2)cc1. The van der Waals surface area contributed by atoms with Crippen LogP contribution in [0, 0.1) is 0 Å². The van der Waals surface area contributed by atoms with Crippen molar-refractivity contribution in [2.45, 2.75) is 43.3 Å². The summed E-state index contributed by atoms with van der Waals surface area (Å²) < 4.78 is 18.8. The van der Waals surface area contributed by atoms with Crippen molar-refractivity contribution in [3.63, 3.8) is 0 Å². The summed E-state index contributed by atoms with van der Waals surface area (Å²) in [6, 6.07) is 39.2. The molecule has 1 aliphatic heterocycles. The van der Waals surface area contributed by atoms with Crippen molar-refractivity contribution >= 4 is 40.8 Å². The Kier molecular flexibility index (Phi) is 11.2. The largest absolute Gasteiger partial charge is 0.457 e. The summed E-state index contributed by atoms with van der Waals surface area (Å²) in [4.78, 5) is 25.2. The molecular formula is C39H37N3O6S. The third-order valence-corrected chi connectivity index (χ3v) is 8.90. The molecule has 0 bridgehead atoms. The van der Waals surface area contributed by atoms with Gasteiger partial charge >= 0.3 is 6.03 Å². The Balaban J connectivity index is 1.08. The van der Waals surface area contributed by atoms with Crippen LogP contribution in [0.5, 0.6) is 11.5 Å². The third-order valence-electron chi connectivity index (χ3n) is 7.76. The van der Waals surface area contributed by atoms with Crippen molar-refractivity contribution in [3.05, 3.63) is 144 Å². The van der Waals surface area contributed by atoms with Gasteiger partial charge in [-0.2, -0.15) is 0 Å². The molecule has 0 aromatic heterocycles. The number of amides is 3. The van der Waals surface area contributed by atoms with Crippen LogP contribution in [0.2, 0.25) is 0 Å². The number of para-hydroxylation sites is 1. The lowest BCUT2D eigenvalue weighted by molar-refractivity contribution is -0.245. The number of carbonyl (C=O) groups is 2. The molecule has 3 amide bonds. The molecule has 5 aromatic rings. The van der Waals surface area contributed by atoms with Crippen LogP contribution < -0.4 is 20.7 Å². The zero-order chi connectivity index (χ0) is 34.0. The summed E-state index contributed by atoms with van der Waals surface area (Å²) in [6.45, 7) is 1.46. The first-order valence-electron chi connectivity index (χ1n) is 15.9. The number of rotatable bonds is 11. The van der Waals surface area contributed by atoms with Gasteiger partial charge in [0, 0.05) is 46.6 Å². The number of anilines is 3. The number of carbonyl (C=O) groups excluding carboxylic acids is 2. The van der Waals surface area contributed by atoms with Gasteiger partial charge in [0.15, 0.2) is 6.29 Å². The highest BCUT2D eigenvalue weighted by Crippen LogP contribution is 2.40. The molecule has 49 heavy (non-hydrogen) atoms. The van der Waals surface area contributed by atoms with E-state index in [9.17, 15) is 14.7 Å². The summed E-state index contributed by atoms with van der Waals surface area (Å²) in [5.74, 6) is 2.00. The predicted octanol–water partition coefficient (Wildman–Crippen LogP) is 8.91. The fourth-order valence-electron chi connectivity index (χ4n) is 5.30. The zero-order valence-electron chi connectivity index (χ0n) is 26.9. The molecule has 0 radical (unpaired) electrons. The van der Waals surface area contributed by atoms with Gasteiger partial charge in [-0.25, -0.2) is 4.79 Å². The van der Waals surface area contributed by atoms with Crippen molar-refractivity contribution in [2.75, 3.05) is 21.7 Å². The second-order valence-corrected chi connectivity index (χ2v) is 12.6. The molecule has 1 heterocycles. The molecule has 10 heteroatoms. The summed E-state index contributed by atoms with van der Waals surface area (Å²) in [7, 11) is 0. The number of thioether (sulfide) groups is 1. The third kappa shape index (κ3) is 9.71. The highest BCUT2D eigenvalue weighted by atomic mass is 32.2. The van der Waals surface area contributed by atoms with Gasteiger partial charge in [0.1, 0.15) is 11.5 Å². The number of urea groups is 1. The molecule has 1 fully saturated rings. The average Bonchev–Trinajstić information content (AvgIpc) is 3.12. The summed E-state index contributed by atoms with van der Waals surface area (Å²) in [5.41, 5.74) is 4.67. The lowest BCUT2D eigenvalue weighted by Crippen LogP contribution is -2.31. The van der Waals surface area contributed by atoms with Crippen molar-refractivity contribution in [2.24, 2.45) is 0 Å². The zero-order valence-corrected chi connectivity index (χ0v) is 27.7. The number of aliphatic hydroxyl groups is 1. The lowest BCUT2D eigenvalue weighted by Gasteiger charge is -2.36. The quantitative estimate of drug-likeness (QED) is 0.103. The van der Waals surface area contributed by atoms with Crippen molar-refractivity contribution in [3.8, 4) is 11.5 Å². The van der Waals surface area contributed by atoms with E-state index in [-0.39, 0.29) is 30.8 Å². The Morgan fingerprint density at radius 2 is 1.29 bits per heavy atom. The molecule has 4 N–H and O–H groups in total. The van der Waals surface area contributed by atoms with Crippen LogP contribution in [0.3, 0.4) is 0 Å². The van der Waals surface area contributed by atoms with E-state index in [0.717, 1.165) is 33.0 Å². The van der Waals surface area contributed by atoms with E-state index in [2.05, 4.69) is 16.0 Å². The first-order chi connectivity index (χ1) is 23.9. The predicted molar refractivity (Wildman–Crippen MR) is 192 cm³/mol. The highest BCUT2D eigenvalue weighted by molar-refractivity contribution is 7.99. The van der Waals surface area contributed by atoms with Crippen LogP contribution >= 0.6 is 11.8 Å². The fraction of sp³-hybridized carbons (Fsp3) is 0.179. The van der Waals surface area contributed by atoms with Crippen molar-refractivity contribution in [1.29, 1.82) is 0 Å². The smallest absolute Gasteiger partial charge is 0.323 e. The number of benzene rings is 5. The maximum atomic E-state index is 12.7. The molecule has 0 spiro atoms. The summed E-state index contributed by atoms with van der Waals surface area (Å²) in [5, 5.41) is 18.0. The minimum Gasteiger partial charge on any atom is -0.457 e. The Labute approximate surface area is 289 Å². The molecule has 0 unspecified atom stereocenters. The number of hydrogen-bond acceptors (Lipinski definition) is 7. The summed E-state index contributed by atoms with van der Waals surface area (Å²) in [6.07, 6.45) is -0.296. The topological polar surface area (TPSA) is 118 Å². The van der Waals surface area contributed by atoms with E-state index in [1.165, 1.54) is 6.92 Å². The minimum absolute atomic E-state index is 0.0219. The standard InChI is InChI=1S/C39H37N3O6S/c1-26(44)40-30-17-21-36(22-18-30)49-25-35-23-37(28-9-7-27(24-43)8-10-28)48-38(47-35)29-11-13-31(14-12-29)41-39(45)42-32-15-19-34(20-16-32)46-33-5-3-2-4-6-33/h2-22,35,37-38,43H,23-25H2,1H3,(H,40,44)(H2,41,42,45)/t35-,37+,38+/m0/s1. The van der Waals surface area contributed by atoms with E-state index in [1.54, 1.807) is 36.0 Å². The van der Waals surface area contributed by atoms with Gasteiger partial charge in [-0.1, -0.05) is 54.6 Å². The van der Waals surface area contributed by atoms with Crippen LogP contribution in [0.15, 0.2) is 132 Å². The minimum atomic E-state index is -0.622. The van der Waals surface area contributed by atoms with Gasteiger partial charge in [0.05, 0.1) is 18.8 Å².